The Balaban J connectivity index is 2.22. The lowest BCUT2D eigenvalue weighted by atomic mass is 10.1. The molecule has 1 heterocycles. The van der Waals surface area contributed by atoms with Gasteiger partial charge in [-0.3, -0.25) is 0 Å². The molecule has 20 heavy (non-hydrogen) atoms. The van der Waals surface area contributed by atoms with E-state index in [1.54, 1.807) is 0 Å². The zero-order valence-electron chi connectivity index (χ0n) is 11.0. The van der Waals surface area contributed by atoms with Crippen LogP contribution in [0.4, 0.5) is 24.5 Å². The summed E-state index contributed by atoms with van der Waals surface area (Å²) >= 11 is 1.47. The number of nitrogens with two attached hydrogens (primary N) is 1. The number of nitrogen functional groups attached to an aromatic ring is 1. The smallest absolute Gasteiger partial charge is 0.398 e. The molecule has 0 fully saturated rings. The number of aromatic nitrogens is 1. The largest absolute Gasteiger partial charge is 0.418 e. The van der Waals surface area contributed by atoms with Gasteiger partial charge in [0.15, 0.2) is 0 Å². The summed E-state index contributed by atoms with van der Waals surface area (Å²) in [5.74, 6) is 0. The third-order valence-corrected chi connectivity index (χ3v) is 3.89. The molecule has 7 heteroatoms. The number of halogens is 3. The van der Waals surface area contributed by atoms with Gasteiger partial charge in [0.1, 0.15) is 5.01 Å². The molecule has 1 aromatic heterocycles. The van der Waals surface area contributed by atoms with Crippen LogP contribution in [-0.2, 0) is 6.18 Å². The van der Waals surface area contributed by atoms with Gasteiger partial charge >= 0.3 is 6.18 Å². The van der Waals surface area contributed by atoms with Crippen molar-refractivity contribution in [3.8, 4) is 0 Å². The van der Waals surface area contributed by atoms with Crippen molar-refractivity contribution in [2.24, 2.45) is 0 Å². The lowest BCUT2D eigenvalue weighted by molar-refractivity contribution is -0.136. The van der Waals surface area contributed by atoms with Crippen LogP contribution in [0.2, 0.25) is 0 Å². The molecule has 0 amide bonds. The Morgan fingerprint density at radius 3 is 2.60 bits per heavy atom. The van der Waals surface area contributed by atoms with Crippen LogP contribution in [0.25, 0.3) is 0 Å². The van der Waals surface area contributed by atoms with Crippen molar-refractivity contribution in [3.05, 3.63) is 39.8 Å². The third-order valence-electron chi connectivity index (χ3n) is 2.75. The first-order valence-corrected chi connectivity index (χ1v) is 6.80. The second kappa shape index (κ2) is 5.32. The van der Waals surface area contributed by atoms with Crippen molar-refractivity contribution < 1.29 is 13.2 Å². The van der Waals surface area contributed by atoms with E-state index in [1.165, 1.54) is 23.5 Å². The molecule has 108 valence electrons. The minimum absolute atomic E-state index is 0.168. The van der Waals surface area contributed by atoms with Crippen LogP contribution in [0.15, 0.2) is 23.6 Å². The standard InChI is InChI=1S/C13H14F3N3S/c1-7-6-20-12(18-7)8(2)19-9-3-4-11(17)10(5-9)13(14,15)16/h3-6,8,19H,17H2,1-2H3. The highest BCUT2D eigenvalue weighted by atomic mass is 32.1. The number of hydrogen-bond acceptors (Lipinski definition) is 4. The van der Waals surface area contributed by atoms with Crippen LogP contribution in [0.1, 0.15) is 29.2 Å². The second-order valence-electron chi connectivity index (χ2n) is 4.49. The summed E-state index contributed by atoms with van der Waals surface area (Å²) in [5, 5.41) is 5.73. The van der Waals surface area contributed by atoms with Crippen molar-refractivity contribution in [1.29, 1.82) is 0 Å². The van der Waals surface area contributed by atoms with Gasteiger partial charge in [-0.05, 0) is 32.0 Å². The summed E-state index contributed by atoms with van der Waals surface area (Å²) in [6.45, 7) is 3.72. The van der Waals surface area contributed by atoms with E-state index in [2.05, 4.69) is 10.3 Å². The Kier molecular flexibility index (Phi) is 3.89. The van der Waals surface area contributed by atoms with Gasteiger partial charge in [0, 0.05) is 22.4 Å². The number of aryl methyl sites for hydroxylation is 1. The lowest BCUT2D eigenvalue weighted by Crippen LogP contribution is -2.11. The monoisotopic (exact) mass is 301 g/mol. The lowest BCUT2D eigenvalue weighted by Gasteiger charge is -2.16. The predicted molar refractivity (Wildman–Crippen MR) is 74.7 cm³/mol. The minimum atomic E-state index is -4.46. The van der Waals surface area contributed by atoms with E-state index in [-0.39, 0.29) is 11.7 Å². The first-order valence-electron chi connectivity index (χ1n) is 5.92. The highest BCUT2D eigenvalue weighted by Gasteiger charge is 2.33. The molecule has 0 radical (unpaired) electrons. The molecular weight excluding hydrogens is 287 g/mol. The Hall–Kier alpha value is -1.76. The van der Waals surface area contributed by atoms with Gasteiger partial charge in [0.05, 0.1) is 11.6 Å². The van der Waals surface area contributed by atoms with E-state index in [0.717, 1.165) is 16.8 Å². The summed E-state index contributed by atoms with van der Waals surface area (Å²) in [7, 11) is 0. The van der Waals surface area contributed by atoms with Gasteiger partial charge in [-0.25, -0.2) is 4.98 Å². The molecule has 0 aliphatic rings. The van der Waals surface area contributed by atoms with E-state index in [0.29, 0.717) is 5.69 Å². The molecule has 0 spiro atoms. The molecule has 1 atom stereocenters. The average Bonchev–Trinajstić information content (AvgIpc) is 2.77. The molecule has 3 nitrogen and oxygen atoms in total. The number of nitrogens with zero attached hydrogens (tertiary/aromatic N) is 1. The van der Waals surface area contributed by atoms with Crippen LogP contribution in [-0.4, -0.2) is 4.98 Å². The molecule has 2 aromatic rings. The molecule has 0 aliphatic carbocycles. The van der Waals surface area contributed by atoms with Gasteiger partial charge < -0.3 is 11.1 Å². The SMILES string of the molecule is Cc1csc(C(C)Nc2ccc(N)c(C(F)(F)F)c2)n1. The van der Waals surface area contributed by atoms with Gasteiger partial charge in [-0.1, -0.05) is 0 Å². The quantitative estimate of drug-likeness (QED) is 0.834. The summed E-state index contributed by atoms with van der Waals surface area (Å²) in [5.41, 5.74) is 5.52. The summed E-state index contributed by atoms with van der Waals surface area (Å²) in [6.07, 6.45) is -4.46. The molecule has 1 aromatic carbocycles. The van der Waals surface area contributed by atoms with Crippen molar-refractivity contribution in [3.63, 3.8) is 0 Å². The van der Waals surface area contributed by atoms with E-state index >= 15 is 0 Å². The van der Waals surface area contributed by atoms with Crippen LogP contribution in [0.3, 0.4) is 0 Å². The van der Waals surface area contributed by atoms with Crippen molar-refractivity contribution in [1.82, 2.24) is 4.98 Å². The highest BCUT2D eigenvalue weighted by Crippen LogP contribution is 2.35. The van der Waals surface area contributed by atoms with Crippen molar-refractivity contribution in [2.45, 2.75) is 26.1 Å². The number of thiazole rings is 1. The topological polar surface area (TPSA) is 50.9 Å². The van der Waals surface area contributed by atoms with Crippen molar-refractivity contribution in [2.75, 3.05) is 11.1 Å². The summed E-state index contributed by atoms with van der Waals surface area (Å²) < 4.78 is 38.3. The van der Waals surface area contributed by atoms with Gasteiger partial charge in [-0.15, -0.1) is 11.3 Å². The Bertz CT molecular complexity index is 607. The maximum absolute atomic E-state index is 12.8. The van der Waals surface area contributed by atoms with Crippen LogP contribution in [0, 0.1) is 6.92 Å². The highest BCUT2D eigenvalue weighted by molar-refractivity contribution is 7.09. The molecule has 0 saturated heterocycles. The first kappa shape index (κ1) is 14.6. The molecule has 0 bridgehead atoms. The normalized spacial score (nSPS) is 13.2. The number of benzene rings is 1. The fourth-order valence-electron chi connectivity index (χ4n) is 1.77. The first-order chi connectivity index (χ1) is 9.27. The molecule has 1 unspecified atom stereocenters. The molecular formula is C13H14F3N3S. The zero-order chi connectivity index (χ0) is 14.9. The molecule has 0 saturated carbocycles. The number of nitrogens with one attached hydrogen (secondary N) is 1. The van der Waals surface area contributed by atoms with Crippen molar-refractivity contribution >= 4 is 22.7 Å². The fourth-order valence-corrected chi connectivity index (χ4v) is 2.58. The Labute approximate surface area is 118 Å². The van der Waals surface area contributed by atoms with E-state index in [9.17, 15) is 13.2 Å². The Morgan fingerprint density at radius 1 is 1.35 bits per heavy atom. The minimum Gasteiger partial charge on any atom is -0.398 e. The molecule has 2 rings (SSSR count). The fraction of sp³-hybridized carbons (Fsp3) is 0.308. The molecule has 3 N–H and O–H groups in total. The number of alkyl halides is 3. The molecule has 0 aliphatic heterocycles. The van der Waals surface area contributed by atoms with Gasteiger partial charge in [-0.2, -0.15) is 13.2 Å². The van der Waals surface area contributed by atoms with E-state index in [4.69, 9.17) is 5.73 Å². The number of hydrogen-bond donors (Lipinski definition) is 2. The maximum Gasteiger partial charge on any atom is 0.418 e. The second-order valence-corrected chi connectivity index (χ2v) is 5.38. The van der Waals surface area contributed by atoms with E-state index < -0.39 is 11.7 Å². The van der Waals surface area contributed by atoms with Crippen LogP contribution >= 0.6 is 11.3 Å². The number of anilines is 2. The number of rotatable bonds is 3. The zero-order valence-corrected chi connectivity index (χ0v) is 11.8. The maximum atomic E-state index is 12.8. The summed E-state index contributed by atoms with van der Waals surface area (Å²) in [6, 6.07) is 3.64. The Morgan fingerprint density at radius 2 is 2.05 bits per heavy atom. The predicted octanol–water partition coefficient (Wildman–Crippen LogP) is 4.23. The third kappa shape index (κ3) is 3.22. The van der Waals surface area contributed by atoms with Gasteiger partial charge in [0.25, 0.3) is 0 Å². The van der Waals surface area contributed by atoms with Gasteiger partial charge in [0.2, 0.25) is 0 Å². The van der Waals surface area contributed by atoms with Crippen LogP contribution < -0.4 is 11.1 Å². The average molecular weight is 301 g/mol. The van der Waals surface area contributed by atoms with E-state index in [1.807, 2.05) is 19.2 Å². The van der Waals surface area contributed by atoms with Crippen LogP contribution in [0.5, 0.6) is 0 Å². The summed E-state index contributed by atoms with van der Waals surface area (Å²) in [4.78, 5) is 4.30.